The van der Waals surface area contributed by atoms with Gasteiger partial charge in [0, 0.05) is 7.11 Å². The van der Waals surface area contributed by atoms with Gasteiger partial charge in [0.15, 0.2) is 5.76 Å². The van der Waals surface area contributed by atoms with E-state index in [1.165, 1.54) is 10.6 Å². The Hall–Kier alpha value is -2.01. The van der Waals surface area contributed by atoms with Crippen LogP contribution in [0.2, 0.25) is 0 Å². The van der Waals surface area contributed by atoms with E-state index in [-0.39, 0.29) is 12.1 Å². The molecule has 0 N–H and O–H groups in total. The SMILES string of the molecule is CCC1C=C(C(CCc2ccccc2)OC)ON1C(=O)OC(C)(C)C. The summed E-state index contributed by atoms with van der Waals surface area (Å²) in [7, 11) is 1.66. The summed E-state index contributed by atoms with van der Waals surface area (Å²) in [6, 6.07) is 10.1. The summed E-state index contributed by atoms with van der Waals surface area (Å²) < 4.78 is 11.0. The molecule has 0 radical (unpaired) electrons. The van der Waals surface area contributed by atoms with Gasteiger partial charge in [-0.15, -0.1) is 5.06 Å². The van der Waals surface area contributed by atoms with Crippen molar-refractivity contribution in [3.63, 3.8) is 0 Å². The van der Waals surface area contributed by atoms with E-state index in [0.29, 0.717) is 5.76 Å². The van der Waals surface area contributed by atoms with E-state index in [0.717, 1.165) is 19.3 Å². The van der Waals surface area contributed by atoms with Crippen LogP contribution in [0.4, 0.5) is 4.79 Å². The van der Waals surface area contributed by atoms with Crippen LogP contribution in [0, 0.1) is 0 Å². The molecule has 5 heteroatoms. The van der Waals surface area contributed by atoms with Crippen LogP contribution in [0.25, 0.3) is 0 Å². The molecule has 2 atom stereocenters. The molecule has 1 amide bonds. The van der Waals surface area contributed by atoms with Crippen LogP contribution < -0.4 is 0 Å². The molecule has 0 fully saturated rings. The van der Waals surface area contributed by atoms with Crippen molar-refractivity contribution in [2.45, 2.75) is 64.7 Å². The van der Waals surface area contributed by atoms with Crippen LogP contribution in [0.5, 0.6) is 0 Å². The summed E-state index contributed by atoms with van der Waals surface area (Å²) in [5.74, 6) is 0.677. The van der Waals surface area contributed by atoms with Gasteiger partial charge in [-0.2, -0.15) is 0 Å². The maximum absolute atomic E-state index is 12.4. The zero-order valence-electron chi connectivity index (χ0n) is 15.8. The molecular formula is C20H29NO4. The highest BCUT2D eigenvalue weighted by atomic mass is 16.7. The summed E-state index contributed by atoms with van der Waals surface area (Å²) in [6.45, 7) is 7.53. The second-order valence-corrected chi connectivity index (χ2v) is 7.19. The average molecular weight is 347 g/mol. The molecule has 1 aromatic carbocycles. The van der Waals surface area contributed by atoms with Gasteiger partial charge in [-0.25, -0.2) is 4.79 Å². The fourth-order valence-electron chi connectivity index (χ4n) is 2.72. The monoisotopic (exact) mass is 347 g/mol. The lowest BCUT2D eigenvalue weighted by Gasteiger charge is -2.27. The lowest BCUT2D eigenvalue weighted by molar-refractivity contribution is -0.127. The average Bonchev–Trinajstić information content (AvgIpc) is 2.99. The molecule has 0 spiro atoms. The van der Waals surface area contributed by atoms with Crippen LogP contribution in [0.15, 0.2) is 42.2 Å². The minimum Gasteiger partial charge on any atom is -0.442 e. The minimum atomic E-state index is -0.560. The van der Waals surface area contributed by atoms with Crippen molar-refractivity contribution in [3.8, 4) is 0 Å². The highest BCUT2D eigenvalue weighted by Crippen LogP contribution is 2.28. The number of nitrogens with zero attached hydrogens (tertiary/aromatic N) is 1. The predicted octanol–water partition coefficient (Wildman–Crippen LogP) is 4.48. The Labute approximate surface area is 150 Å². The zero-order valence-corrected chi connectivity index (χ0v) is 15.8. The molecule has 0 bridgehead atoms. The highest BCUT2D eigenvalue weighted by Gasteiger charge is 2.36. The van der Waals surface area contributed by atoms with Gasteiger partial charge in [0.25, 0.3) is 0 Å². The van der Waals surface area contributed by atoms with Crippen LogP contribution >= 0.6 is 0 Å². The number of carbonyl (C=O) groups excluding carboxylic acids is 1. The lowest BCUT2D eigenvalue weighted by atomic mass is 10.0. The summed E-state index contributed by atoms with van der Waals surface area (Å²) in [4.78, 5) is 18.2. The summed E-state index contributed by atoms with van der Waals surface area (Å²) in [5, 5.41) is 1.31. The van der Waals surface area contributed by atoms with Crippen molar-refractivity contribution < 1.29 is 19.1 Å². The number of methoxy groups -OCH3 is 1. The molecule has 138 valence electrons. The molecule has 25 heavy (non-hydrogen) atoms. The van der Waals surface area contributed by atoms with Crippen molar-refractivity contribution in [1.82, 2.24) is 5.06 Å². The Morgan fingerprint density at radius 2 is 1.96 bits per heavy atom. The van der Waals surface area contributed by atoms with Gasteiger partial charge in [-0.05, 0) is 51.7 Å². The molecule has 0 aliphatic carbocycles. The van der Waals surface area contributed by atoms with Crippen LogP contribution in [-0.2, 0) is 20.7 Å². The van der Waals surface area contributed by atoms with E-state index in [1.807, 2.05) is 52.0 Å². The fourth-order valence-corrected chi connectivity index (χ4v) is 2.72. The van der Waals surface area contributed by atoms with Crippen molar-refractivity contribution >= 4 is 6.09 Å². The first kappa shape index (κ1) is 19.3. The van der Waals surface area contributed by atoms with Gasteiger partial charge in [0.2, 0.25) is 0 Å². The van der Waals surface area contributed by atoms with Crippen molar-refractivity contribution in [3.05, 3.63) is 47.7 Å². The van der Waals surface area contributed by atoms with E-state index in [4.69, 9.17) is 14.3 Å². The minimum absolute atomic E-state index is 0.140. The van der Waals surface area contributed by atoms with Gasteiger partial charge in [0.1, 0.15) is 11.7 Å². The van der Waals surface area contributed by atoms with Gasteiger partial charge in [-0.1, -0.05) is 37.3 Å². The molecule has 0 saturated carbocycles. The first-order valence-electron chi connectivity index (χ1n) is 8.82. The van der Waals surface area contributed by atoms with Gasteiger partial charge in [-0.3, -0.25) is 0 Å². The third kappa shape index (κ3) is 5.49. The standard InChI is InChI=1S/C20H29NO4/c1-6-16-14-18(25-21(16)19(22)24-20(2,3)4)17(23-5)13-12-15-10-8-7-9-11-15/h7-11,14,16-17H,6,12-13H2,1-5H3. The zero-order chi connectivity index (χ0) is 18.4. The predicted molar refractivity (Wildman–Crippen MR) is 96.9 cm³/mol. The molecule has 5 nitrogen and oxygen atoms in total. The Kier molecular flexibility index (Phi) is 6.48. The van der Waals surface area contributed by atoms with Crippen LogP contribution in [0.1, 0.15) is 46.1 Å². The number of ether oxygens (including phenoxy) is 2. The number of hydrogen-bond donors (Lipinski definition) is 0. The number of carbonyl (C=O) groups is 1. The van der Waals surface area contributed by atoms with E-state index in [2.05, 4.69) is 12.1 Å². The first-order chi connectivity index (χ1) is 11.8. The molecular weight excluding hydrogens is 318 g/mol. The number of hydroxylamine groups is 2. The number of hydrogen-bond acceptors (Lipinski definition) is 4. The fraction of sp³-hybridized carbons (Fsp3) is 0.550. The molecule has 1 aliphatic heterocycles. The molecule has 2 unspecified atom stereocenters. The maximum Gasteiger partial charge on any atom is 0.444 e. The largest absolute Gasteiger partial charge is 0.444 e. The van der Waals surface area contributed by atoms with E-state index in [1.54, 1.807) is 7.11 Å². The molecule has 0 saturated heterocycles. The number of aryl methyl sites for hydroxylation is 1. The van der Waals surface area contributed by atoms with E-state index in [9.17, 15) is 4.79 Å². The first-order valence-corrected chi connectivity index (χ1v) is 8.82. The Morgan fingerprint density at radius 1 is 1.28 bits per heavy atom. The molecule has 2 rings (SSSR count). The van der Waals surface area contributed by atoms with Crippen molar-refractivity contribution in [1.29, 1.82) is 0 Å². The smallest absolute Gasteiger partial charge is 0.442 e. The highest BCUT2D eigenvalue weighted by molar-refractivity contribution is 5.68. The molecule has 1 aromatic rings. The quantitative estimate of drug-likeness (QED) is 0.761. The second-order valence-electron chi connectivity index (χ2n) is 7.19. The molecule has 1 heterocycles. The summed E-state index contributed by atoms with van der Waals surface area (Å²) in [5.41, 5.74) is 0.689. The Balaban J connectivity index is 2.01. The number of rotatable bonds is 6. The third-order valence-electron chi connectivity index (χ3n) is 3.99. The van der Waals surface area contributed by atoms with Gasteiger partial charge < -0.3 is 14.3 Å². The van der Waals surface area contributed by atoms with Crippen molar-refractivity contribution in [2.24, 2.45) is 0 Å². The van der Waals surface area contributed by atoms with Crippen LogP contribution in [-0.4, -0.2) is 36.0 Å². The van der Waals surface area contributed by atoms with Gasteiger partial charge >= 0.3 is 6.09 Å². The molecule has 1 aliphatic rings. The second kappa shape index (κ2) is 8.39. The van der Waals surface area contributed by atoms with Gasteiger partial charge in [0.05, 0.1) is 6.04 Å². The van der Waals surface area contributed by atoms with Crippen molar-refractivity contribution in [2.75, 3.05) is 7.11 Å². The summed E-state index contributed by atoms with van der Waals surface area (Å²) >= 11 is 0. The maximum atomic E-state index is 12.4. The number of amides is 1. The third-order valence-corrected chi connectivity index (χ3v) is 3.99. The Bertz CT molecular complexity index is 591. The topological polar surface area (TPSA) is 48.0 Å². The van der Waals surface area contributed by atoms with Crippen LogP contribution in [0.3, 0.4) is 0 Å². The van der Waals surface area contributed by atoms with E-state index >= 15 is 0 Å². The summed E-state index contributed by atoms with van der Waals surface area (Å²) in [6.07, 6.45) is 3.71. The lowest BCUT2D eigenvalue weighted by Crippen LogP contribution is -2.39. The number of benzene rings is 1. The normalized spacial score (nSPS) is 18.5. The Morgan fingerprint density at radius 3 is 2.52 bits per heavy atom. The van der Waals surface area contributed by atoms with E-state index < -0.39 is 11.7 Å². The molecule has 0 aromatic heterocycles.